The van der Waals surface area contributed by atoms with E-state index in [-0.39, 0.29) is 0 Å². The highest BCUT2D eigenvalue weighted by Crippen LogP contribution is 2.16. The van der Waals surface area contributed by atoms with Crippen molar-refractivity contribution in [1.82, 2.24) is 9.88 Å². The van der Waals surface area contributed by atoms with E-state index in [0.29, 0.717) is 11.3 Å². The average molecular weight is 265 g/mol. The maximum Gasteiger partial charge on any atom is 0.337 e. The van der Waals surface area contributed by atoms with Crippen LogP contribution in [0.4, 0.5) is 0 Å². The van der Waals surface area contributed by atoms with Gasteiger partial charge in [-0.15, -0.1) is 0 Å². The highest BCUT2D eigenvalue weighted by Gasteiger charge is 2.15. The van der Waals surface area contributed by atoms with Gasteiger partial charge >= 0.3 is 5.97 Å². The van der Waals surface area contributed by atoms with Crippen LogP contribution in [0.1, 0.15) is 41.2 Å². The van der Waals surface area contributed by atoms with Gasteiger partial charge in [0.2, 0.25) is 0 Å². The first-order chi connectivity index (χ1) is 9.01. The first-order valence-corrected chi connectivity index (χ1v) is 6.65. The molecule has 1 heterocycles. The number of hydrogen-bond donors (Lipinski definition) is 2. The lowest BCUT2D eigenvalue weighted by molar-refractivity contribution is 0.0695. The highest BCUT2D eigenvalue weighted by atomic mass is 16.4. The molecule has 0 aliphatic heterocycles. The number of aromatic nitrogens is 1. The molecular weight excluding hydrogens is 242 g/mol. The lowest BCUT2D eigenvalue weighted by atomic mass is 10.1. The van der Waals surface area contributed by atoms with E-state index in [9.17, 15) is 4.79 Å². The summed E-state index contributed by atoms with van der Waals surface area (Å²) < 4.78 is 0. The molecule has 0 aliphatic carbocycles. The second-order valence-corrected chi connectivity index (χ2v) is 4.53. The van der Waals surface area contributed by atoms with E-state index in [1.54, 1.807) is 20.1 Å². The molecule has 2 N–H and O–H groups in total. The summed E-state index contributed by atoms with van der Waals surface area (Å²) in [4.78, 5) is 20.8. The van der Waals surface area contributed by atoms with E-state index in [1.807, 2.05) is 0 Å². The van der Waals surface area contributed by atoms with Crippen LogP contribution in [-0.4, -0.2) is 53.4 Å². The highest BCUT2D eigenvalue weighted by molar-refractivity contribution is 5.94. The molecule has 0 spiro atoms. The molecule has 1 aromatic rings. The first kappa shape index (κ1) is 15.4. The van der Waals surface area contributed by atoms with Crippen molar-refractivity contribution >= 4 is 12.2 Å². The van der Waals surface area contributed by atoms with Crippen LogP contribution in [0.25, 0.3) is 0 Å². The fourth-order valence-corrected chi connectivity index (χ4v) is 2.12. The number of nitrogens with one attached hydrogen (secondary N) is 1. The Bertz CT molecular complexity index is 460. The maximum absolute atomic E-state index is 11.1. The van der Waals surface area contributed by atoms with Gasteiger partial charge in [-0.1, -0.05) is 13.8 Å². The molecular formula is C14H23N3O2. The van der Waals surface area contributed by atoms with Crippen molar-refractivity contribution in [3.63, 3.8) is 0 Å². The molecule has 0 aromatic carbocycles. The second kappa shape index (κ2) is 7.09. The van der Waals surface area contributed by atoms with Crippen molar-refractivity contribution in [2.75, 3.05) is 26.2 Å². The standard InChI is InChI=1S/C14H23N3O2/c1-5-17(6-2)8-7-15-9-12-10(3)13(14(18)19)11(4)16-12/h9,16H,5-8H2,1-4H3,(H,18,19). The predicted molar refractivity (Wildman–Crippen MR) is 77.5 cm³/mol. The van der Waals surface area contributed by atoms with Gasteiger partial charge in [0.1, 0.15) is 0 Å². The Kier molecular flexibility index (Phi) is 5.76. The summed E-state index contributed by atoms with van der Waals surface area (Å²) in [6, 6.07) is 0. The smallest absolute Gasteiger partial charge is 0.337 e. The van der Waals surface area contributed by atoms with Crippen LogP contribution in [0.3, 0.4) is 0 Å². The molecule has 19 heavy (non-hydrogen) atoms. The first-order valence-electron chi connectivity index (χ1n) is 6.65. The van der Waals surface area contributed by atoms with Crippen LogP contribution in [0.2, 0.25) is 0 Å². The lowest BCUT2D eigenvalue weighted by Crippen LogP contribution is -2.25. The van der Waals surface area contributed by atoms with Crippen LogP contribution in [0, 0.1) is 13.8 Å². The van der Waals surface area contributed by atoms with Crippen molar-refractivity contribution in [2.24, 2.45) is 4.99 Å². The normalized spacial score (nSPS) is 11.6. The number of carboxylic acid groups (broad SMARTS) is 1. The number of carbonyl (C=O) groups is 1. The van der Waals surface area contributed by atoms with Crippen LogP contribution >= 0.6 is 0 Å². The van der Waals surface area contributed by atoms with E-state index < -0.39 is 5.97 Å². The van der Waals surface area contributed by atoms with Gasteiger partial charge < -0.3 is 15.0 Å². The number of hydrogen-bond acceptors (Lipinski definition) is 3. The van der Waals surface area contributed by atoms with Crippen molar-refractivity contribution < 1.29 is 9.90 Å². The molecule has 0 atom stereocenters. The van der Waals surface area contributed by atoms with Gasteiger partial charge in [0, 0.05) is 18.5 Å². The minimum Gasteiger partial charge on any atom is -0.478 e. The number of nitrogens with zero attached hydrogens (tertiary/aromatic N) is 2. The van der Waals surface area contributed by atoms with Gasteiger partial charge in [-0.25, -0.2) is 4.79 Å². The fraction of sp³-hybridized carbons (Fsp3) is 0.571. The van der Waals surface area contributed by atoms with Gasteiger partial charge in [0.25, 0.3) is 0 Å². The molecule has 0 amide bonds. The largest absolute Gasteiger partial charge is 0.478 e. The van der Waals surface area contributed by atoms with E-state index in [1.165, 1.54) is 0 Å². The lowest BCUT2D eigenvalue weighted by Gasteiger charge is -2.15. The number of aromatic amines is 1. The zero-order chi connectivity index (χ0) is 14.4. The Morgan fingerprint density at radius 3 is 2.47 bits per heavy atom. The number of likely N-dealkylation sites (N-methyl/N-ethyl adjacent to an activating group) is 1. The van der Waals surface area contributed by atoms with Crippen molar-refractivity contribution in [1.29, 1.82) is 0 Å². The molecule has 0 unspecified atom stereocenters. The molecule has 0 bridgehead atoms. The Hall–Kier alpha value is -1.62. The van der Waals surface area contributed by atoms with Gasteiger partial charge in [-0.05, 0) is 32.5 Å². The summed E-state index contributed by atoms with van der Waals surface area (Å²) in [6.07, 6.45) is 1.73. The molecule has 1 aromatic heterocycles. The van der Waals surface area contributed by atoms with E-state index in [2.05, 4.69) is 28.7 Å². The van der Waals surface area contributed by atoms with Crippen LogP contribution in [0.15, 0.2) is 4.99 Å². The van der Waals surface area contributed by atoms with E-state index >= 15 is 0 Å². The summed E-state index contributed by atoms with van der Waals surface area (Å²) in [5.74, 6) is -0.894. The summed E-state index contributed by atoms with van der Waals surface area (Å²) in [7, 11) is 0. The monoisotopic (exact) mass is 265 g/mol. The Morgan fingerprint density at radius 1 is 1.37 bits per heavy atom. The van der Waals surface area contributed by atoms with Gasteiger partial charge in [-0.3, -0.25) is 4.99 Å². The molecule has 106 valence electrons. The fourth-order valence-electron chi connectivity index (χ4n) is 2.12. The molecule has 0 aliphatic rings. The number of carboxylic acids is 1. The number of H-pyrrole nitrogens is 1. The van der Waals surface area contributed by atoms with E-state index in [0.717, 1.165) is 37.4 Å². The minimum absolute atomic E-state index is 0.352. The van der Waals surface area contributed by atoms with Crippen LogP contribution in [0.5, 0.6) is 0 Å². The zero-order valence-electron chi connectivity index (χ0n) is 12.2. The second-order valence-electron chi connectivity index (χ2n) is 4.53. The molecule has 5 heteroatoms. The molecule has 1 rings (SSSR count). The predicted octanol–water partition coefficient (Wildman–Crippen LogP) is 2.09. The molecule has 0 radical (unpaired) electrons. The maximum atomic E-state index is 11.1. The zero-order valence-corrected chi connectivity index (χ0v) is 12.2. The van der Waals surface area contributed by atoms with Crippen molar-refractivity contribution in [2.45, 2.75) is 27.7 Å². The Balaban J connectivity index is 2.68. The number of aryl methyl sites for hydroxylation is 1. The molecule has 0 fully saturated rings. The molecule has 0 saturated carbocycles. The van der Waals surface area contributed by atoms with Gasteiger partial charge in [-0.2, -0.15) is 0 Å². The Labute approximate surface area is 114 Å². The number of aliphatic imine (C=N–C) groups is 1. The summed E-state index contributed by atoms with van der Waals surface area (Å²) in [5, 5.41) is 9.10. The quantitative estimate of drug-likeness (QED) is 0.742. The minimum atomic E-state index is -0.894. The third-order valence-corrected chi connectivity index (χ3v) is 3.35. The van der Waals surface area contributed by atoms with Crippen molar-refractivity contribution in [3.05, 3.63) is 22.5 Å². The third-order valence-electron chi connectivity index (χ3n) is 3.35. The number of aromatic carboxylic acids is 1. The van der Waals surface area contributed by atoms with Gasteiger partial charge in [0.05, 0.1) is 17.8 Å². The third kappa shape index (κ3) is 3.92. The Morgan fingerprint density at radius 2 is 2.00 bits per heavy atom. The van der Waals surface area contributed by atoms with Crippen molar-refractivity contribution in [3.8, 4) is 0 Å². The molecule has 0 saturated heterocycles. The summed E-state index contributed by atoms with van der Waals surface area (Å²) in [5.41, 5.74) is 2.56. The van der Waals surface area contributed by atoms with Gasteiger partial charge in [0.15, 0.2) is 0 Å². The average Bonchev–Trinajstić information content (AvgIpc) is 2.64. The summed E-state index contributed by atoms with van der Waals surface area (Å²) >= 11 is 0. The summed E-state index contributed by atoms with van der Waals surface area (Å²) in [6.45, 7) is 11.5. The van der Waals surface area contributed by atoms with E-state index in [4.69, 9.17) is 5.11 Å². The van der Waals surface area contributed by atoms with Crippen LogP contribution < -0.4 is 0 Å². The topological polar surface area (TPSA) is 68.7 Å². The number of rotatable bonds is 7. The SMILES string of the molecule is CCN(CC)CCN=Cc1[nH]c(C)c(C(=O)O)c1C. The van der Waals surface area contributed by atoms with Crippen LogP contribution in [-0.2, 0) is 0 Å². The molecule has 5 nitrogen and oxygen atoms in total.